The Labute approximate surface area is 209 Å². The van der Waals surface area contributed by atoms with Gasteiger partial charge in [-0.15, -0.1) is 0 Å². The van der Waals surface area contributed by atoms with Gasteiger partial charge in [0, 0.05) is 17.0 Å². The third-order valence-electron chi connectivity index (χ3n) is 6.83. The minimum atomic E-state index is -2.14. The highest BCUT2D eigenvalue weighted by molar-refractivity contribution is 6.78. The molecule has 0 N–H and O–H groups in total. The van der Waals surface area contributed by atoms with E-state index in [-0.39, 0.29) is 0 Å². The first-order valence-electron chi connectivity index (χ1n) is 11.8. The summed E-state index contributed by atoms with van der Waals surface area (Å²) in [6.45, 7) is 14.1. The van der Waals surface area contributed by atoms with Crippen LogP contribution in [-0.4, -0.2) is 33.1 Å². The smallest absolute Gasteiger partial charge is 0.358 e. The predicted octanol–water partition coefficient (Wildman–Crippen LogP) is 7.69. The third kappa shape index (κ3) is 4.71. The minimum Gasteiger partial charge on any atom is -0.543 e. The van der Waals surface area contributed by atoms with Crippen molar-refractivity contribution in [3.63, 3.8) is 0 Å². The van der Waals surface area contributed by atoms with Crippen LogP contribution < -0.4 is 9.16 Å². The quantitative estimate of drug-likeness (QED) is 0.222. The Morgan fingerprint density at radius 1 is 0.941 bits per heavy atom. The molecule has 0 atom stereocenters. The highest BCUT2D eigenvalue weighted by Gasteiger charge is 2.47. The number of halogens is 1. The van der Waals surface area contributed by atoms with Crippen LogP contribution in [0.5, 0.6) is 11.5 Å². The normalized spacial score (nSPS) is 12.1. The highest BCUT2D eigenvalue weighted by Crippen LogP contribution is 2.44. The molecule has 3 aromatic rings. The van der Waals surface area contributed by atoms with Crippen LogP contribution >= 0.6 is 11.6 Å². The van der Waals surface area contributed by atoms with E-state index in [1.807, 2.05) is 47.0 Å². The molecule has 1 aromatic heterocycles. The first-order chi connectivity index (χ1) is 16.1. The molecule has 3 rings (SSSR count). The van der Waals surface area contributed by atoms with Gasteiger partial charge in [0.15, 0.2) is 11.4 Å². The SMILES string of the molecule is COC(=O)c1c(OC)c2cc(O[Si](C(C)C)(C(C)C)C(C)C)ccc2n1Cc1ccc(Cl)cc1. The van der Waals surface area contributed by atoms with Crippen LogP contribution in [0.25, 0.3) is 10.9 Å². The number of esters is 1. The van der Waals surface area contributed by atoms with E-state index in [0.717, 1.165) is 22.2 Å². The van der Waals surface area contributed by atoms with Crippen molar-refractivity contribution in [2.75, 3.05) is 14.2 Å². The van der Waals surface area contributed by atoms with Gasteiger partial charge in [0.25, 0.3) is 8.32 Å². The van der Waals surface area contributed by atoms with Crippen LogP contribution in [0, 0.1) is 0 Å². The summed E-state index contributed by atoms with van der Waals surface area (Å²) in [6, 6.07) is 13.6. The summed E-state index contributed by atoms with van der Waals surface area (Å²) in [5, 5.41) is 1.50. The fourth-order valence-electron chi connectivity index (χ4n) is 5.37. The molecule has 0 radical (unpaired) electrons. The van der Waals surface area contributed by atoms with Crippen molar-refractivity contribution in [1.29, 1.82) is 0 Å². The number of benzene rings is 2. The van der Waals surface area contributed by atoms with Crippen molar-refractivity contribution in [3.05, 3.63) is 58.7 Å². The summed E-state index contributed by atoms with van der Waals surface area (Å²) in [5.74, 6) is 0.862. The highest BCUT2D eigenvalue weighted by atomic mass is 35.5. The van der Waals surface area contributed by atoms with E-state index in [4.69, 9.17) is 25.5 Å². The Hall–Kier alpha value is -2.44. The third-order valence-corrected chi connectivity index (χ3v) is 13.1. The summed E-state index contributed by atoms with van der Waals surface area (Å²) in [6.07, 6.45) is 0. The number of hydrogen-bond donors (Lipinski definition) is 0. The van der Waals surface area contributed by atoms with Gasteiger partial charge in [0.05, 0.1) is 19.7 Å². The molecule has 0 amide bonds. The zero-order valence-electron chi connectivity index (χ0n) is 21.4. The molecule has 0 aliphatic heterocycles. The van der Waals surface area contributed by atoms with Crippen molar-refractivity contribution < 1.29 is 18.7 Å². The molecule has 2 aromatic carbocycles. The number of carbonyl (C=O) groups excluding carboxylic acids is 1. The van der Waals surface area contributed by atoms with Crippen LogP contribution in [0.3, 0.4) is 0 Å². The van der Waals surface area contributed by atoms with Gasteiger partial charge < -0.3 is 18.5 Å². The standard InChI is InChI=1S/C27H36ClNO4Si/c1-17(2)34(18(3)4,19(5)6)33-22-13-14-24-23(15-22)26(31-7)25(27(30)32-8)29(24)16-20-9-11-21(28)12-10-20/h9-15,17-19H,16H2,1-8H3. The lowest BCUT2D eigenvalue weighted by atomic mass is 10.2. The summed E-state index contributed by atoms with van der Waals surface area (Å²) < 4.78 is 19.7. The van der Waals surface area contributed by atoms with Gasteiger partial charge in [0.1, 0.15) is 5.75 Å². The van der Waals surface area contributed by atoms with Crippen LogP contribution in [0.4, 0.5) is 0 Å². The number of aromatic nitrogens is 1. The van der Waals surface area contributed by atoms with E-state index in [2.05, 4.69) is 41.5 Å². The van der Waals surface area contributed by atoms with E-state index >= 15 is 0 Å². The van der Waals surface area contributed by atoms with E-state index in [9.17, 15) is 4.79 Å². The largest absolute Gasteiger partial charge is 0.543 e. The van der Waals surface area contributed by atoms with Crippen LogP contribution in [0.15, 0.2) is 42.5 Å². The zero-order valence-corrected chi connectivity index (χ0v) is 23.2. The van der Waals surface area contributed by atoms with Gasteiger partial charge in [-0.3, -0.25) is 0 Å². The van der Waals surface area contributed by atoms with Gasteiger partial charge >= 0.3 is 5.97 Å². The molecule has 1 heterocycles. The topological polar surface area (TPSA) is 49.7 Å². The fraction of sp³-hybridized carbons (Fsp3) is 0.444. The predicted molar refractivity (Wildman–Crippen MR) is 142 cm³/mol. The molecule has 0 bridgehead atoms. The number of ether oxygens (including phenoxy) is 2. The van der Waals surface area contributed by atoms with Crippen LogP contribution in [0.1, 0.15) is 57.6 Å². The van der Waals surface area contributed by atoms with Crippen molar-refractivity contribution in [1.82, 2.24) is 4.57 Å². The van der Waals surface area contributed by atoms with E-state index in [1.54, 1.807) is 7.11 Å². The maximum atomic E-state index is 12.8. The van der Waals surface area contributed by atoms with Crippen LogP contribution in [0.2, 0.25) is 21.6 Å². The number of methoxy groups -OCH3 is 2. The molecule has 0 saturated carbocycles. The van der Waals surface area contributed by atoms with E-state index in [1.165, 1.54) is 7.11 Å². The van der Waals surface area contributed by atoms with E-state index in [0.29, 0.717) is 39.6 Å². The Bertz CT molecular complexity index is 1130. The summed E-state index contributed by atoms with van der Waals surface area (Å²) >= 11 is 6.07. The van der Waals surface area contributed by atoms with Gasteiger partial charge in [-0.1, -0.05) is 65.3 Å². The molecule has 0 saturated heterocycles. The number of rotatable bonds is 9. The van der Waals surface area contributed by atoms with Crippen molar-refractivity contribution in [3.8, 4) is 11.5 Å². The second kappa shape index (κ2) is 10.4. The first kappa shape index (κ1) is 26.2. The molecular formula is C27H36ClNO4Si. The maximum absolute atomic E-state index is 12.8. The monoisotopic (exact) mass is 501 g/mol. The Kier molecular flexibility index (Phi) is 8.04. The molecular weight excluding hydrogens is 466 g/mol. The lowest BCUT2D eigenvalue weighted by Crippen LogP contribution is -2.50. The molecule has 7 heteroatoms. The molecule has 0 aliphatic carbocycles. The number of nitrogens with zero attached hydrogens (tertiary/aromatic N) is 1. The van der Waals surface area contributed by atoms with Crippen molar-refractivity contribution in [2.24, 2.45) is 0 Å². The maximum Gasteiger partial charge on any atom is 0.358 e. The van der Waals surface area contributed by atoms with E-state index < -0.39 is 14.3 Å². The fourth-order valence-corrected chi connectivity index (χ4v) is 10.7. The molecule has 0 spiro atoms. The van der Waals surface area contributed by atoms with Gasteiger partial charge in [-0.2, -0.15) is 0 Å². The molecule has 184 valence electrons. The Morgan fingerprint density at radius 2 is 1.53 bits per heavy atom. The molecule has 0 fully saturated rings. The van der Waals surface area contributed by atoms with Gasteiger partial charge in [-0.25, -0.2) is 4.79 Å². The first-order valence-corrected chi connectivity index (χ1v) is 14.3. The lowest BCUT2D eigenvalue weighted by Gasteiger charge is -2.42. The second-order valence-corrected chi connectivity index (χ2v) is 15.5. The lowest BCUT2D eigenvalue weighted by molar-refractivity contribution is 0.0585. The number of fused-ring (bicyclic) bond motifs is 1. The average molecular weight is 502 g/mol. The molecule has 0 unspecified atom stereocenters. The zero-order chi connectivity index (χ0) is 25.2. The minimum absolute atomic E-state index is 0.382. The molecule has 5 nitrogen and oxygen atoms in total. The molecule has 0 aliphatic rings. The van der Waals surface area contributed by atoms with Crippen LogP contribution in [-0.2, 0) is 11.3 Å². The number of carbonyl (C=O) groups is 1. The Balaban J connectivity index is 2.19. The van der Waals surface area contributed by atoms with Gasteiger partial charge in [-0.05, 0) is 52.5 Å². The average Bonchev–Trinajstić information content (AvgIpc) is 3.10. The molecule has 34 heavy (non-hydrogen) atoms. The van der Waals surface area contributed by atoms with Gasteiger partial charge in [0.2, 0.25) is 0 Å². The number of hydrogen-bond acceptors (Lipinski definition) is 4. The summed E-state index contributed by atoms with van der Waals surface area (Å²) in [4.78, 5) is 12.8. The Morgan fingerprint density at radius 3 is 2.03 bits per heavy atom. The summed E-state index contributed by atoms with van der Waals surface area (Å²) in [7, 11) is 0.827. The van der Waals surface area contributed by atoms with Crippen molar-refractivity contribution >= 4 is 36.8 Å². The van der Waals surface area contributed by atoms with Crippen molar-refractivity contribution in [2.45, 2.75) is 64.7 Å². The summed E-state index contributed by atoms with van der Waals surface area (Å²) in [5.41, 5.74) is 3.62. The second-order valence-electron chi connectivity index (χ2n) is 9.68.